The fourth-order valence-corrected chi connectivity index (χ4v) is 2.60. The Labute approximate surface area is 120 Å². The molecule has 0 atom stereocenters. The van der Waals surface area contributed by atoms with Crippen LogP contribution in [0.2, 0.25) is 0 Å². The molecule has 1 fully saturated rings. The van der Waals surface area contributed by atoms with E-state index in [2.05, 4.69) is 29.1 Å². The van der Waals surface area contributed by atoms with Crippen molar-refractivity contribution in [1.29, 1.82) is 0 Å². The van der Waals surface area contributed by atoms with Crippen molar-refractivity contribution >= 4 is 5.96 Å². The van der Waals surface area contributed by atoms with E-state index < -0.39 is 0 Å². The van der Waals surface area contributed by atoms with E-state index in [1.807, 2.05) is 19.2 Å². The minimum Gasteiger partial charge on any atom is -0.356 e. The summed E-state index contributed by atoms with van der Waals surface area (Å²) < 4.78 is 12.8. The molecule has 0 bridgehead atoms. The van der Waals surface area contributed by atoms with Crippen LogP contribution in [-0.2, 0) is 6.42 Å². The van der Waals surface area contributed by atoms with Gasteiger partial charge in [-0.15, -0.1) is 0 Å². The van der Waals surface area contributed by atoms with Gasteiger partial charge < -0.3 is 10.2 Å². The van der Waals surface area contributed by atoms with E-state index in [0.29, 0.717) is 5.41 Å². The lowest BCUT2D eigenvalue weighted by molar-refractivity contribution is 0.370. The van der Waals surface area contributed by atoms with Crippen LogP contribution in [0.3, 0.4) is 0 Å². The molecule has 110 valence electrons. The molecule has 1 aliphatic rings. The maximum absolute atomic E-state index is 12.8. The van der Waals surface area contributed by atoms with Gasteiger partial charge in [-0.1, -0.05) is 26.0 Å². The summed E-state index contributed by atoms with van der Waals surface area (Å²) in [4.78, 5) is 6.66. The van der Waals surface area contributed by atoms with Gasteiger partial charge in [0.05, 0.1) is 0 Å². The van der Waals surface area contributed by atoms with E-state index in [1.54, 1.807) is 0 Å². The summed E-state index contributed by atoms with van der Waals surface area (Å²) in [6.07, 6.45) is 2.07. The van der Waals surface area contributed by atoms with Gasteiger partial charge in [0.15, 0.2) is 5.96 Å². The number of benzene rings is 1. The molecule has 1 saturated heterocycles. The van der Waals surface area contributed by atoms with E-state index in [4.69, 9.17) is 0 Å². The third kappa shape index (κ3) is 3.95. The van der Waals surface area contributed by atoms with E-state index in [0.717, 1.165) is 37.6 Å². The molecule has 0 radical (unpaired) electrons. The molecule has 0 saturated carbocycles. The van der Waals surface area contributed by atoms with Gasteiger partial charge in [0.25, 0.3) is 0 Å². The zero-order chi connectivity index (χ0) is 14.6. The van der Waals surface area contributed by atoms with Crippen LogP contribution >= 0.6 is 0 Å². The molecule has 1 aromatic carbocycles. The molecule has 1 aliphatic heterocycles. The number of likely N-dealkylation sites (tertiary alicyclic amines) is 1. The SMILES string of the molecule is CN=C(NCCc1ccc(F)cc1)N1CCC(C)(C)C1. The number of aliphatic imine (C=N–C) groups is 1. The first-order valence-corrected chi connectivity index (χ1v) is 7.20. The van der Waals surface area contributed by atoms with Crippen molar-refractivity contribution in [1.82, 2.24) is 10.2 Å². The molecule has 0 amide bonds. The van der Waals surface area contributed by atoms with Gasteiger partial charge in [-0.05, 0) is 36.0 Å². The predicted octanol–water partition coefficient (Wildman–Crippen LogP) is 2.68. The van der Waals surface area contributed by atoms with Gasteiger partial charge in [-0.25, -0.2) is 4.39 Å². The van der Waals surface area contributed by atoms with Crippen LogP contribution in [0.15, 0.2) is 29.3 Å². The van der Waals surface area contributed by atoms with Crippen LogP contribution in [0.1, 0.15) is 25.8 Å². The fourth-order valence-electron chi connectivity index (χ4n) is 2.60. The molecule has 20 heavy (non-hydrogen) atoms. The van der Waals surface area contributed by atoms with Crippen molar-refractivity contribution in [2.45, 2.75) is 26.7 Å². The first-order valence-electron chi connectivity index (χ1n) is 7.20. The Hall–Kier alpha value is -1.58. The first kappa shape index (κ1) is 14.8. The third-order valence-electron chi connectivity index (χ3n) is 3.80. The average molecular weight is 277 g/mol. The molecule has 0 unspecified atom stereocenters. The Morgan fingerprint density at radius 2 is 2.05 bits per heavy atom. The summed E-state index contributed by atoms with van der Waals surface area (Å²) in [6, 6.07) is 6.68. The summed E-state index contributed by atoms with van der Waals surface area (Å²) in [5, 5.41) is 3.39. The number of nitrogens with one attached hydrogen (secondary N) is 1. The predicted molar refractivity (Wildman–Crippen MR) is 81.4 cm³/mol. The van der Waals surface area contributed by atoms with Crippen LogP contribution in [0.25, 0.3) is 0 Å². The lowest BCUT2D eigenvalue weighted by Crippen LogP contribution is -2.41. The summed E-state index contributed by atoms with van der Waals surface area (Å²) in [7, 11) is 1.82. The second-order valence-electron chi connectivity index (χ2n) is 6.19. The van der Waals surface area contributed by atoms with Crippen molar-refractivity contribution < 1.29 is 4.39 Å². The Morgan fingerprint density at radius 1 is 1.35 bits per heavy atom. The second-order valence-corrected chi connectivity index (χ2v) is 6.19. The molecule has 4 heteroatoms. The second kappa shape index (κ2) is 6.25. The number of guanidine groups is 1. The maximum Gasteiger partial charge on any atom is 0.193 e. The van der Waals surface area contributed by atoms with Gasteiger partial charge in [0.1, 0.15) is 5.82 Å². The quantitative estimate of drug-likeness (QED) is 0.679. The molecular formula is C16H24FN3. The van der Waals surface area contributed by atoms with Crippen LogP contribution in [0.5, 0.6) is 0 Å². The van der Waals surface area contributed by atoms with E-state index in [1.165, 1.54) is 18.6 Å². The molecule has 1 heterocycles. The molecule has 1 N–H and O–H groups in total. The number of nitrogens with zero attached hydrogens (tertiary/aromatic N) is 2. The lowest BCUT2D eigenvalue weighted by Gasteiger charge is -2.23. The lowest BCUT2D eigenvalue weighted by atomic mass is 9.93. The highest BCUT2D eigenvalue weighted by Gasteiger charge is 2.30. The van der Waals surface area contributed by atoms with Crippen molar-refractivity contribution in [2.75, 3.05) is 26.7 Å². The van der Waals surface area contributed by atoms with Crippen LogP contribution in [-0.4, -0.2) is 37.5 Å². The zero-order valence-electron chi connectivity index (χ0n) is 12.6. The highest BCUT2D eigenvalue weighted by Crippen LogP contribution is 2.28. The highest BCUT2D eigenvalue weighted by atomic mass is 19.1. The average Bonchev–Trinajstić information content (AvgIpc) is 2.77. The van der Waals surface area contributed by atoms with Gasteiger partial charge in [-0.2, -0.15) is 0 Å². The molecule has 1 aromatic rings. The topological polar surface area (TPSA) is 27.6 Å². The van der Waals surface area contributed by atoms with Crippen molar-refractivity contribution in [3.05, 3.63) is 35.6 Å². The summed E-state index contributed by atoms with van der Waals surface area (Å²) in [6.45, 7) is 7.50. The third-order valence-corrected chi connectivity index (χ3v) is 3.80. The van der Waals surface area contributed by atoms with E-state index >= 15 is 0 Å². The number of halogens is 1. The minimum absolute atomic E-state index is 0.184. The Kier molecular flexibility index (Phi) is 4.63. The molecule has 3 nitrogen and oxygen atoms in total. The molecular weight excluding hydrogens is 253 g/mol. The number of rotatable bonds is 3. The summed E-state index contributed by atoms with van der Waals surface area (Å²) in [5.41, 5.74) is 1.50. The maximum atomic E-state index is 12.8. The summed E-state index contributed by atoms with van der Waals surface area (Å²) >= 11 is 0. The van der Waals surface area contributed by atoms with Crippen molar-refractivity contribution in [2.24, 2.45) is 10.4 Å². The Bertz CT molecular complexity index is 465. The van der Waals surface area contributed by atoms with Crippen molar-refractivity contribution in [3.63, 3.8) is 0 Å². The standard InChI is InChI=1S/C16H24FN3/c1-16(2)9-11-20(12-16)15(18-3)19-10-8-13-4-6-14(17)7-5-13/h4-7H,8-12H2,1-3H3,(H,18,19). The minimum atomic E-state index is -0.184. The molecule has 2 rings (SSSR count). The van der Waals surface area contributed by atoms with Crippen LogP contribution in [0, 0.1) is 11.2 Å². The first-order chi connectivity index (χ1) is 9.50. The highest BCUT2D eigenvalue weighted by molar-refractivity contribution is 5.80. The van der Waals surface area contributed by atoms with Gasteiger partial charge in [-0.3, -0.25) is 4.99 Å². The van der Waals surface area contributed by atoms with Gasteiger partial charge in [0, 0.05) is 26.7 Å². The number of hydrogen-bond acceptors (Lipinski definition) is 1. The summed E-state index contributed by atoms with van der Waals surface area (Å²) in [5.74, 6) is 0.787. The van der Waals surface area contributed by atoms with Crippen LogP contribution in [0.4, 0.5) is 4.39 Å². The zero-order valence-corrected chi connectivity index (χ0v) is 12.6. The molecule has 0 aromatic heterocycles. The van der Waals surface area contributed by atoms with E-state index in [-0.39, 0.29) is 5.82 Å². The van der Waals surface area contributed by atoms with Crippen LogP contribution < -0.4 is 5.32 Å². The normalized spacial score (nSPS) is 18.4. The van der Waals surface area contributed by atoms with Crippen molar-refractivity contribution in [3.8, 4) is 0 Å². The smallest absolute Gasteiger partial charge is 0.193 e. The monoisotopic (exact) mass is 277 g/mol. The Morgan fingerprint density at radius 3 is 2.60 bits per heavy atom. The Balaban J connectivity index is 1.82. The van der Waals surface area contributed by atoms with Gasteiger partial charge >= 0.3 is 0 Å². The largest absolute Gasteiger partial charge is 0.356 e. The number of hydrogen-bond donors (Lipinski definition) is 1. The van der Waals surface area contributed by atoms with E-state index in [9.17, 15) is 4.39 Å². The van der Waals surface area contributed by atoms with Gasteiger partial charge in [0.2, 0.25) is 0 Å². The fraction of sp³-hybridized carbons (Fsp3) is 0.562. The molecule has 0 spiro atoms. The molecule has 0 aliphatic carbocycles.